The molecule has 0 saturated heterocycles. The molecule has 0 spiro atoms. The molecule has 0 aliphatic carbocycles. The van der Waals surface area contributed by atoms with E-state index in [2.05, 4.69) is 9.97 Å². The Kier molecular flexibility index (Phi) is 3.37. The first kappa shape index (κ1) is 13.4. The SMILES string of the molecule is CC(C)c1nc(-c2coc3ccccc23)[nH]c(=O)c1I. The van der Waals surface area contributed by atoms with Crippen molar-refractivity contribution >= 4 is 33.6 Å². The Bertz CT molecular complexity index is 833. The van der Waals surface area contributed by atoms with Crippen molar-refractivity contribution in [2.24, 2.45) is 0 Å². The topological polar surface area (TPSA) is 58.9 Å². The van der Waals surface area contributed by atoms with Crippen LogP contribution in [0.3, 0.4) is 0 Å². The van der Waals surface area contributed by atoms with Crippen LogP contribution < -0.4 is 5.56 Å². The summed E-state index contributed by atoms with van der Waals surface area (Å²) >= 11 is 2.04. The molecule has 0 aliphatic rings. The van der Waals surface area contributed by atoms with Crippen molar-refractivity contribution in [1.29, 1.82) is 0 Å². The highest BCUT2D eigenvalue weighted by molar-refractivity contribution is 14.1. The number of rotatable bonds is 2. The minimum Gasteiger partial charge on any atom is -0.464 e. The highest BCUT2D eigenvalue weighted by Gasteiger charge is 2.15. The van der Waals surface area contributed by atoms with E-state index in [-0.39, 0.29) is 11.5 Å². The molecule has 4 nitrogen and oxygen atoms in total. The van der Waals surface area contributed by atoms with Gasteiger partial charge < -0.3 is 9.40 Å². The predicted octanol–water partition coefficient (Wildman–Crippen LogP) is 3.91. The van der Waals surface area contributed by atoms with Gasteiger partial charge in [-0.1, -0.05) is 32.0 Å². The summed E-state index contributed by atoms with van der Waals surface area (Å²) in [5.41, 5.74) is 2.31. The Morgan fingerprint density at radius 3 is 2.80 bits per heavy atom. The lowest BCUT2D eigenvalue weighted by Gasteiger charge is -2.08. The van der Waals surface area contributed by atoms with Gasteiger partial charge in [0.2, 0.25) is 0 Å². The number of H-pyrrole nitrogens is 1. The zero-order valence-electron chi connectivity index (χ0n) is 11.1. The third kappa shape index (κ3) is 2.15. The molecule has 102 valence electrons. The van der Waals surface area contributed by atoms with Crippen molar-refractivity contribution in [2.45, 2.75) is 19.8 Å². The van der Waals surface area contributed by atoms with E-state index >= 15 is 0 Å². The molecule has 5 heteroatoms. The molecule has 0 fully saturated rings. The molecular weight excluding hydrogens is 367 g/mol. The second kappa shape index (κ2) is 5.05. The predicted molar refractivity (Wildman–Crippen MR) is 86.9 cm³/mol. The maximum atomic E-state index is 12.1. The molecular formula is C15H13IN2O2. The fourth-order valence-electron chi connectivity index (χ4n) is 2.15. The fourth-order valence-corrected chi connectivity index (χ4v) is 3.03. The maximum absolute atomic E-state index is 12.1. The van der Waals surface area contributed by atoms with Crippen LogP contribution in [-0.2, 0) is 0 Å². The van der Waals surface area contributed by atoms with Crippen LogP contribution in [-0.4, -0.2) is 9.97 Å². The van der Waals surface area contributed by atoms with E-state index in [0.29, 0.717) is 9.39 Å². The summed E-state index contributed by atoms with van der Waals surface area (Å²) in [5, 5.41) is 0.951. The molecule has 2 aromatic heterocycles. The van der Waals surface area contributed by atoms with Gasteiger partial charge in [0.15, 0.2) is 0 Å². The molecule has 0 radical (unpaired) electrons. The smallest absolute Gasteiger partial charge is 0.264 e. The van der Waals surface area contributed by atoms with Gasteiger partial charge in [-0.25, -0.2) is 4.98 Å². The first-order valence-electron chi connectivity index (χ1n) is 6.34. The van der Waals surface area contributed by atoms with E-state index in [1.54, 1.807) is 6.26 Å². The number of fused-ring (bicyclic) bond motifs is 1. The Hall–Kier alpha value is -1.63. The zero-order valence-corrected chi connectivity index (χ0v) is 13.3. The third-order valence-electron chi connectivity index (χ3n) is 3.17. The number of hydrogen-bond acceptors (Lipinski definition) is 3. The molecule has 3 aromatic rings. The molecule has 1 aromatic carbocycles. The number of benzene rings is 1. The van der Waals surface area contributed by atoms with Crippen molar-refractivity contribution < 1.29 is 4.42 Å². The molecule has 0 amide bonds. The fraction of sp³-hybridized carbons (Fsp3) is 0.200. The average Bonchev–Trinajstić information content (AvgIpc) is 2.85. The van der Waals surface area contributed by atoms with E-state index in [9.17, 15) is 4.79 Å². The molecule has 1 N–H and O–H groups in total. The van der Waals surface area contributed by atoms with E-state index in [1.807, 2.05) is 60.7 Å². The number of aromatic nitrogens is 2. The van der Waals surface area contributed by atoms with Crippen LogP contribution in [0.2, 0.25) is 0 Å². The standard InChI is InChI=1S/C15H13IN2O2/c1-8(2)13-12(16)15(19)18-14(17-13)10-7-20-11-6-4-3-5-9(10)11/h3-8H,1-2H3,(H,17,18,19). The van der Waals surface area contributed by atoms with Gasteiger partial charge in [-0.2, -0.15) is 0 Å². The minimum absolute atomic E-state index is 0.107. The van der Waals surface area contributed by atoms with Gasteiger partial charge in [0.05, 0.1) is 14.8 Å². The van der Waals surface area contributed by atoms with Gasteiger partial charge in [-0.15, -0.1) is 0 Å². The minimum atomic E-state index is -0.107. The number of nitrogens with zero attached hydrogens (tertiary/aromatic N) is 1. The first-order chi connectivity index (χ1) is 9.58. The Morgan fingerprint density at radius 2 is 2.05 bits per heavy atom. The lowest BCUT2D eigenvalue weighted by atomic mass is 10.1. The zero-order chi connectivity index (χ0) is 14.3. The maximum Gasteiger partial charge on any atom is 0.264 e. The quantitative estimate of drug-likeness (QED) is 0.686. The lowest BCUT2D eigenvalue weighted by molar-refractivity contribution is 0.616. The molecule has 0 atom stereocenters. The number of furan rings is 1. The van der Waals surface area contributed by atoms with Crippen molar-refractivity contribution in [1.82, 2.24) is 9.97 Å². The van der Waals surface area contributed by atoms with Crippen molar-refractivity contribution in [3.63, 3.8) is 0 Å². The largest absolute Gasteiger partial charge is 0.464 e. The summed E-state index contributed by atoms with van der Waals surface area (Å²) < 4.78 is 6.16. The van der Waals surface area contributed by atoms with E-state index in [0.717, 1.165) is 22.2 Å². The van der Waals surface area contributed by atoms with Gasteiger partial charge in [-0.3, -0.25) is 4.79 Å². The van der Waals surface area contributed by atoms with E-state index in [4.69, 9.17) is 4.42 Å². The van der Waals surface area contributed by atoms with Gasteiger partial charge >= 0.3 is 0 Å². The van der Waals surface area contributed by atoms with Gasteiger partial charge in [0, 0.05) is 5.39 Å². The molecule has 0 unspecified atom stereocenters. The summed E-state index contributed by atoms with van der Waals surface area (Å²) in [7, 11) is 0. The number of nitrogens with one attached hydrogen (secondary N) is 1. The summed E-state index contributed by atoms with van der Waals surface area (Å²) in [6.45, 7) is 4.06. The number of aromatic amines is 1. The molecule has 0 saturated carbocycles. The number of halogens is 1. The summed E-state index contributed by atoms with van der Waals surface area (Å²) in [4.78, 5) is 19.5. The Labute approximate surface area is 129 Å². The average molecular weight is 380 g/mol. The van der Waals surface area contributed by atoms with Gasteiger partial charge in [0.1, 0.15) is 17.7 Å². The van der Waals surface area contributed by atoms with Crippen LogP contribution in [0.5, 0.6) is 0 Å². The molecule has 20 heavy (non-hydrogen) atoms. The number of para-hydroxylation sites is 1. The first-order valence-corrected chi connectivity index (χ1v) is 7.42. The highest BCUT2D eigenvalue weighted by Crippen LogP contribution is 2.28. The van der Waals surface area contributed by atoms with E-state index in [1.165, 1.54) is 0 Å². The van der Waals surface area contributed by atoms with Crippen molar-refractivity contribution in [3.8, 4) is 11.4 Å². The Morgan fingerprint density at radius 1 is 1.30 bits per heavy atom. The van der Waals surface area contributed by atoms with Crippen LogP contribution in [0.25, 0.3) is 22.4 Å². The Balaban J connectivity index is 2.27. The van der Waals surface area contributed by atoms with Crippen molar-refractivity contribution in [3.05, 3.63) is 50.1 Å². The monoisotopic (exact) mass is 380 g/mol. The van der Waals surface area contributed by atoms with Crippen LogP contribution in [0.1, 0.15) is 25.5 Å². The summed E-state index contributed by atoms with van der Waals surface area (Å²) in [6, 6.07) is 7.71. The molecule has 0 aliphatic heterocycles. The number of hydrogen-bond donors (Lipinski definition) is 1. The van der Waals surface area contributed by atoms with Gasteiger partial charge in [-0.05, 0) is 34.6 Å². The second-order valence-electron chi connectivity index (χ2n) is 4.91. The molecule has 0 bridgehead atoms. The van der Waals surface area contributed by atoms with Crippen LogP contribution in [0.4, 0.5) is 0 Å². The third-order valence-corrected chi connectivity index (χ3v) is 4.21. The summed E-state index contributed by atoms with van der Waals surface area (Å²) in [6.07, 6.45) is 1.64. The highest BCUT2D eigenvalue weighted by atomic mass is 127. The van der Waals surface area contributed by atoms with Gasteiger partial charge in [0.25, 0.3) is 5.56 Å². The molecule has 2 heterocycles. The van der Waals surface area contributed by atoms with Crippen LogP contribution in [0.15, 0.2) is 39.7 Å². The normalized spacial score (nSPS) is 11.4. The molecule has 3 rings (SSSR count). The van der Waals surface area contributed by atoms with Crippen molar-refractivity contribution in [2.75, 3.05) is 0 Å². The van der Waals surface area contributed by atoms with E-state index < -0.39 is 0 Å². The van der Waals surface area contributed by atoms with Crippen LogP contribution in [0, 0.1) is 3.57 Å². The van der Waals surface area contributed by atoms with Crippen LogP contribution >= 0.6 is 22.6 Å². The second-order valence-corrected chi connectivity index (χ2v) is 5.99. The summed E-state index contributed by atoms with van der Waals surface area (Å²) in [5.74, 6) is 0.755. The lowest BCUT2D eigenvalue weighted by Crippen LogP contribution is -2.17.